The molecular formula is C22H32N6O3. The lowest BCUT2D eigenvalue weighted by atomic mass is 10.1. The van der Waals surface area contributed by atoms with Gasteiger partial charge in [0.1, 0.15) is 11.3 Å². The van der Waals surface area contributed by atoms with Crippen molar-refractivity contribution >= 4 is 16.9 Å². The molecule has 0 spiro atoms. The Balaban J connectivity index is 2.10. The van der Waals surface area contributed by atoms with E-state index in [0.717, 1.165) is 16.8 Å². The van der Waals surface area contributed by atoms with E-state index in [-0.39, 0.29) is 29.4 Å². The number of phenols is 2. The van der Waals surface area contributed by atoms with Gasteiger partial charge in [-0.25, -0.2) is 9.97 Å². The van der Waals surface area contributed by atoms with Gasteiger partial charge in [-0.2, -0.15) is 4.79 Å². The van der Waals surface area contributed by atoms with Crippen LogP contribution in [0.3, 0.4) is 0 Å². The van der Waals surface area contributed by atoms with Crippen LogP contribution in [-0.2, 0) is 0 Å². The zero-order valence-electron chi connectivity index (χ0n) is 18.9. The summed E-state index contributed by atoms with van der Waals surface area (Å²) >= 11 is 0. The highest BCUT2D eigenvalue weighted by Crippen LogP contribution is 2.32. The van der Waals surface area contributed by atoms with Crippen LogP contribution in [-0.4, -0.2) is 47.8 Å². The molecule has 0 bridgehead atoms. The highest BCUT2D eigenvalue weighted by molar-refractivity contribution is 5.88. The number of nitrogens with one attached hydrogen (secondary N) is 2. The molecule has 5 N–H and O–H groups in total. The van der Waals surface area contributed by atoms with Crippen LogP contribution in [0.1, 0.15) is 76.5 Å². The molecule has 0 aliphatic heterocycles. The molecule has 2 atom stereocenters. The van der Waals surface area contributed by atoms with Gasteiger partial charge in [-0.3, -0.25) is 0 Å². The average molecular weight is 429 g/mol. The monoisotopic (exact) mass is 428 g/mol. The van der Waals surface area contributed by atoms with Crippen LogP contribution in [0.25, 0.3) is 11.0 Å². The number of aliphatic hydroxyl groups is 1. The Labute approximate surface area is 182 Å². The minimum atomic E-state index is -0.524. The second-order valence-electron chi connectivity index (χ2n) is 8.56. The number of phenolic OH excluding ortho intramolecular Hbond substituents is 2. The molecule has 0 aliphatic carbocycles. The molecule has 9 heteroatoms. The molecule has 0 fully saturated rings. The van der Waals surface area contributed by atoms with Crippen molar-refractivity contribution in [1.29, 1.82) is 0 Å². The third-order valence-corrected chi connectivity index (χ3v) is 5.02. The summed E-state index contributed by atoms with van der Waals surface area (Å²) in [5, 5.41) is 37.2. The third kappa shape index (κ3) is 4.82. The van der Waals surface area contributed by atoms with Crippen LogP contribution in [0.4, 0.5) is 5.82 Å². The molecule has 9 nitrogen and oxygen atoms in total. The van der Waals surface area contributed by atoms with E-state index in [1.54, 1.807) is 17.8 Å². The van der Waals surface area contributed by atoms with Crippen molar-refractivity contribution in [1.82, 2.24) is 19.9 Å². The molecule has 2 aromatic heterocycles. The van der Waals surface area contributed by atoms with Crippen molar-refractivity contribution in [2.24, 2.45) is 0 Å². The molecule has 0 amide bonds. The van der Waals surface area contributed by atoms with Gasteiger partial charge in [0.25, 0.3) is 0 Å². The van der Waals surface area contributed by atoms with Crippen LogP contribution < -0.4 is 10.7 Å². The number of anilines is 1. The second kappa shape index (κ2) is 8.97. The molecule has 2 heterocycles. The summed E-state index contributed by atoms with van der Waals surface area (Å²) in [6.07, 6.45) is -0.524. The Morgan fingerprint density at radius 1 is 0.935 bits per heavy atom. The first-order valence-corrected chi connectivity index (χ1v) is 10.6. The smallest absolute Gasteiger partial charge is 0.158 e. The summed E-state index contributed by atoms with van der Waals surface area (Å²) in [5.41, 5.74) is 6.25. The highest BCUT2D eigenvalue weighted by atomic mass is 16.3. The number of fused-ring (bicyclic) bond motifs is 1. The molecule has 3 rings (SSSR count). The quantitative estimate of drug-likeness (QED) is 0.344. The number of hydrogen-bond donors (Lipinski definition) is 5. The van der Waals surface area contributed by atoms with Gasteiger partial charge in [0, 0.05) is 5.92 Å². The summed E-state index contributed by atoms with van der Waals surface area (Å²) in [6, 6.07) is 4.53. The minimum absolute atomic E-state index is 0.117. The van der Waals surface area contributed by atoms with E-state index < -0.39 is 6.10 Å². The first-order valence-electron chi connectivity index (χ1n) is 10.6. The molecule has 3 aromatic rings. The number of benzene rings is 1. The summed E-state index contributed by atoms with van der Waals surface area (Å²) < 4.78 is 0. The third-order valence-electron chi connectivity index (χ3n) is 5.02. The molecule has 1 aromatic carbocycles. The van der Waals surface area contributed by atoms with Crippen LogP contribution in [0, 0.1) is 0 Å². The van der Waals surface area contributed by atoms with Crippen molar-refractivity contribution in [2.75, 3.05) is 17.3 Å². The maximum atomic E-state index is 9.86. The SMILES string of the molecule is CC(O)CNn1nc2c(NC(C)c3ccc(O)c(O)c3)nc(C(C)C)nc2c1C(C)C. The molecule has 0 saturated heterocycles. The van der Waals surface area contributed by atoms with E-state index in [4.69, 9.17) is 15.1 Å². The Hall–Kier alpha value is -3.07. The predicted molar refractivity (Wildman–Crippen MR) is 121 cm³/mol. The van der Waals surface area contributed by atoms with Gasteiger partial charge in [0.2, 0.25) is 0 Å². The lowest BCUT2D eigenvalue weighted by Crippen LogP contribution is -2.26. The van der Waals surface area contributed by atoms with Crippen LogP contribution >= 0.6 is 0 Å². The van der Waals surface area contributed by atoms with Gasteiger partial charge >= 0.3 is 0 Å². The Bertz CT molecular complexity index is 1060. The van der Waals surface area contributed by atoms with E-state index in [9.17, 15) is 15.3 Å². The Morgan fingerprint density at radius 2 is 1.65 bits per heavy atom. The maximum Gasteiger partial charge on any atom is 0.158 e. The Morgan fingerprint density at radius 3 is 2.23 bits per heavy atom. The van der Waals surface area contributed by atoms with E-state index in [1.165, 1.54) is 12.1 Å². The lowest BCUT2D eigenvalue weighted by molar-refractivity contribution is 0.203. The van der Waals surface area contributed by atoms with Crippen molar-refractivity contribution in [2.45, 2.75) is 65.5 Å². The summed E-state index contributed by atoms with van der Waals surface area (Å²) in [5.74, 6) is 1.22. The van der Waals surface area contributed by atoms with Crippen LogP contribution in [0.5, 0.6) is 11.5 Å². The second-order valence-corrected chi connectivity index (χ2v) is 8.56. The van der Waals surface area contributed by atoms with Crippen molar-refractivity contribution in [3.63, 3.8) is 0 Å². The Kier molecular flexibility index (Phi) is 6.54. The van der Waals surface area contributed by atoms with Crippen molar-refractivity contribution < 1.29 is 15.3 Å². The number of aliphatic hydroxyl groups excluding tert-OH is 1. The van der Waals surface area contributed by atoms with Gasteiger partial charge < -0.3 is 26.1 Å². The number of hydrogen-bond acceptors (Lipinski definition) is 8. The fourth-order valence-electron chi connectivity index (χ4n) is 3.31. The zero-order chi connectivity index (χ0) is 22.9. The largest absolute Gasteiger partial charge is 0.504 e. The summed E-state index contributed by atoms with van der Waals surface area (Å²) in [4.78, 5) is 11.2. The van der Waals surface area contributed by atoms with Gasteiger partial charge in [-0.1, -0.05) is 33.8 Å². The van der Waals surface area contributed by atoms with E-state index in [1.807, 2.05) is 20.8 Å². The zero-order valence-corrected chi connectivity index (χ0v) is 18.9. The van der Waals surface area contributed by atoms with Gasteiger partial charge in [-0.15, -0.1) is 5.10 Å². The number of aromatic nitrogens is 4. The van der Waals surface area contributed by atoms with E-state index in [2.05, 4.69) is 24.6 Å². The van der Waals surface area contributed by atoms with Gasteiger partial charge in [0.15, 0.2) is 22.8 Å². The molecule has 0 radical (unpaired) electrons. The summed E-state index contributed by atoms with van der Waals surface area (Å²) in [6.45, 7) is 12.2. The lowest BCUT2D eigenvalue weighted by Gasteiger charge is -2.17. The molecule has 168 valence electrons. The fourth-order valence-corrected chi connectivity index (χ4v) is 3.31. The fraction of sp³-hybridized carbons (Fsp3) is 0.500. The van der Waals surface area contributed by atoms with Crippen molar-refractivity contribution in [3.05, 3.63) is 35.3 Å². The average Bonchev–Trinajstić information content (AvgIpc) is 3.07. The molecular weight excluding hydrogens is 396 g/mol. The number of aromatic hydroxyl groups is 2. The van der Waals surface area contributed by atoms with E-state index in [0.29, 0.717) is 23.7 Å². The van der Waals surface area contributed by atoms with Gasteiger partial charge in [0.05, 0.1) is 24.4 Å². The predicted octanol–water partition coefficient (Wildman–Crippen LogP) is 3.58. The first-order chi connectivity index (χ1) is 14.6. The number of rotatable bonds is 8. The molecule has 31 heavy (non-hydrogen) atoms. The van der Waals surface area contributed by atoms with Crippen molar-refractivity contribution in [3.8, 4) is 11.5 Å². The summed E-state index contributed by atoms with van der Waals surface area (Å²) in [7, 11) is 0. The maximum absolute atomic E-state index is 9.86. The van der Waals surface area contributed by atoms with Crippen LogP contribution in [0.2, 0.25) is 0 Å². The molecule has 0 aliphatic rings. The molecule has 0 saturated carbocycles. The minimum Gasteiger partial charge on any atom is -0.504 e. The normalized spacial score (nSPS) is 13.7. The standard InChI is InChI=1S/C22H32N6O3/c1-11(2)20-18-19(27-28(20)23-10-13(5)29)22(26-21(25-18)12(3)4)24-14(6)15-7-8-16(30)17(31)9-15/h7-9,11-14,23,29-31H,10H2,1-6H3,(H,24,25,26). The topological polar surface area (TPSA) is 128 Å². The molecule has 2 unspecified atom stereocenters. The van der Waals surface area contributed by atoms with E-state index >= 15 is 0 Å². The van der Waals surface area contributed by atoms with Crippen LogP contribution in [0.15, 0.2) is 18.2 Å². The number of nitrogens with zero attached hydrogens (tertiary/aromatic N) is 4. The highest BCUT2D eigenvalue weighted by Gasteiger charge is 2.23. The first kappa shape index (κ1) is 22.6. The van der Waals surface area contributed by atoms with Gasteiger partial charge in [-0.05, 0) is 37.5 Å².